The van der Waals surface area contributed by atoms with Gasteiger partial charge < -0.3 is 15.3 Å². The lowest BCUT2D eigenvalue weighted by atomic mass is 10.0. The van der Waals surface area contributed by atoms with Crippen LogP contribution in [-0.4, -0.2) is 41.6 Å². The van der Waals surface area contributed by atoms with Crippen molar-refractivity contribution in [3.63, 3.8) is 0 Å². The molecule has 0 aliphatic carbocycles. The number of carboxylic acid groups (broad SMARTS) is 1. The van der Waals surface area contributed by atoms with Gasteiger partial charge in [-0.2, -0.15) is 0 Å². The summed E-state index contributed by atoms with van der Waals surface area (Å²) in [4.78, 5) is 23.6. The van der Waals surface area contributed by atoms with Gasteiger partial charge in [-0.25, -0.2) is 4.79 Å². The second-order valence-electron chi connectivity index (χ2n) is 5.24. The Hall–Kier alpha value is -1.26. The van der Waals surface area contributed by atoms with Gasteiger partial charge in [-0.05, 0) is 32.1 Å². The van der Waals surface area contributed by atoms with Crippen LogP contribution < -0.4 is 5.32 Å². The van der Waals surface area contributed by atoms with Crippen LogP contribution in [0.15, 0.2) is 0 Å². The molecule has 5 heteroatoms. The van der Waals surface area contributed by atoms with E-state index in [4.69, 9.17) is 5.11 Å². The molecule has 0 saturated heterocycles. The summed E-state index contributed by atoms with van der Waals surface area (Å²) >= 11 is 0. The molecule has 2 N–H and O–H groups in total. The fraction of sp³-hybridized carbons (Fsp3) is 0.846. The Morgan fingerprint density at radius 2 is 1.83 bits per heavy atom. The van der Waals surface area contributed by atoms with Crippen LogP contribution in [0.25, 0.3) is 0 Å². The van der Waals surface area contributed by atoms with E-state index in [1.165, 1.54) is 4.90 Å². The van der Waals surface area contributed by atoms with Crippen molar-refractivity contribution < 1.29 is 14.7 Å². The fourth-order valence-electron chi connectivity index (χ4n) is 1.55. The third kappa shape index (κ3) is 8.84. The van der Waals surface area contributed by atoms with Gasteiger partial charge in [0, 0.05) is 26.1 Å². The molecule has 0 aliphatic rings. The summed E-state index contributed by atoms with van der Waals surface area (Å²) in [5, 5.41) is 11.4. The van der Waals surface area contributed by atoms with E-state index >= 15 is 0 Å². The van der Waals surface area contributed by atoms with E-state index < -0.39 is 5.97 Å². The number of amides is 2. The summed E-state index contributed by atoms with van der Waals surface area (Å²) in [6.07, 6.45) is 2.64. The highest BCUT2D eigenvalue weighted by Crippen LogP contribution is 2.06. The first-order valence-electron chi connectivity index (χ1n) is 6.56. The topological polar surface area (TPSA) is 69.6 Å². The zero-order chi connectivity index (χ0) is 14.1. The van der Waals surface area contributed by atoms with Crippen LogP contribution in [0.4, 0.5) is 4.79 Å². The van der Waals surface area contributed by atoms with Gasteiger partial charge in [0.25, 0.3) is 0 Å². The molecule has 106 valence electrons. The first-order valence-corrected chi connectivity index (χ1v) is 6.56. The number of hydrogen-bond donors (Lipinski definition) is 2. The van der Waals surface area contributed by atoms with Crippen molar-refractivity contribution >= 4 is 12.0 Å². The summed E-state index contributed by atoms with van der Waals surface area (Å²) < 4.78 is 0. The van der Waals surface area contributed by atoms with Crippen LogP contribution in [0.3, 0.4) is 0 Å². The molecule has 0 rings (SSSR count). The minimum absolute atomic E-state index is 0.0977. The number of nitrogens with zero attached hydrogens (tertiary/aromatic N) is 1. The molecule has 1 atom stereocenters. The Labute approximate surface area is 110 Å². The molecule has 0 aromatic heterocycles. The molecule has 0 aromatic carbocycles. The molecule has 0 aliphatic heterocycles. The van der Waals surface area contributed by atoms with Crippen LogP contribution in [0, 0.1) is 5.92 Å². The molecule has 1 unspecified atom stereocenters. The molecule has 0 aromatic rings. The van der Waals surface area contributed by atoms with E-state index in [1.54, 1.807) is 7.05 Å². The number of hydrogen-bond acceptors (Lipinski definition) is 2. The normalized spacial score (nSPS) is 12.3. The van der Waals surface area contributed by atoms with Gasteiger partial charge in [-0.3, -0.25) is 4.79 Å². The molecule has 18 heavy (non-hydrogen) atoms. The highest BCUT2D eigenvalue weighted by atomic mass is 16.4. The number of carbonyl (C=O) groups is 2. The molecule has 0 saturated carbocycles. The van der Waals surface area contributed by atoms with Gasteiger partial charge in [0.15, 0.2) is 0 Å². The van der Waals surface area contributed by atoms with Gasteiger partial charge in [-0.1, -0.05) is 13.8 Å². The van der Waals surface area contributed by atoms with Gasteiger partial charge in [-0.15, -0.1) is 0 Å². The fourth-order valence-corrected chi connectivity index (χ4v) is 1.55. The minimum Gasteiger partial charge on any atom is -0.481 e. The number of urea groups is 1. The number of aliphatic carboxylic acids is 1. The van der Waals surface area contributed by atoms with E-state index in [1.807, 2.05) is 6.92 Å². The van der Waals surface area contributed by atoms with Crippen molar-refractivity contribution in [2.75, 3.05) is 13.6 Å². The van der Waals surface area contributed by atoms with E-state index in [2.05, 4.69) is 19.2 Å². The standard InChI is InChI=1S/C13H26N2O3/c1-10(2)7-8-11(3)14-13(18)15(4)9-5-6-12(16)17/h10-11H,5-9H2,1-4H3,(H,14,18)(H,16,17). The van der Waals surface area contributed by atoms with Crippen LogP contribution in [0.1, 0.15) is 46.5 Å². The maximum atomic E-state index is 11.7. The quantitative estimate of drug-likeness (QED) is 0.702. The summed E-state index contributed by atoms with van der Waals surface area (Å²) in [5.74, 6) is -0.188. The lowest BCUT2D eigenvalue weighted by molar-refractivity contribution is -0.137. The SMILES string of the molecule is CC(C)CCC(C)NC(=O)N(C)CCCC(=O)O. The minimum atomic E-state index is -0.825. The van der Waals surface area contributed by atoms with Gasteiger partial charge in [0.1, 0.15) is 0 Å². The highest BCUT2D eigenvalue weighted by molar-refractivity contribution is 5.74. The van der Waals surface area contributed by atoms with Gasteiger partial charge in [0.05, 0.1) is 0 Å². The highest BCUT2D eigenvalue weighted by Gasteiger charge is 2.12. The van der Waals surface area contributed by atoms with Crippen molar-refractivity contribution in [3.8, 4) is 0 Å². The van der Waals surface area contributed by atoms with E-state index in [9.17, 15) is 9.59 Å². The second-order valence-corrected chi connectivity index (χ2v) is 5.24. The molecular weight excluding hydrogens is 232 g/mol. The van der Waals surface area contributed by atoms with Crippen LogP contribution >= 0.6 is 0 Å². The third-order valence-corrected chi connectivity index (χ3v) is 2.78. The zero-order valence-corrected chi connectivity index (χ0v) is 11.9. The smallest absolute Gasteiger partial charge is 0.317 e. The summed E-state index contributed by atoms with van der Waals surface area (Å²) in [5.41, 5.74) is 0. The van der Waals surface area contributed by atoms with Crippen molar-refractivity contribution in [1.82, 2.24) is 10.2 Å². The average Bonchev–Trinajstić information content (AvgIpc) is 2.25. The monoisotopic (exact) mass is 258 g/mol. The molecule has 2 amide bonds. The maximum absolute atomic E-state index is 11.7. The molecular formula is C13H26N2O3. The van der Waals surface area contributed by atoms with Crippen molar-refractivity contribution in [2.45, 2.75) is 52.5 Å². The molecule has 0 fully saturated rings. The Balaban J connectivity index is 3.81. The van der Waals surface area contributed by atoms with Crippen LogP contribution in [0.2, 0.25) is 0 Å². The zero-order valence-electron chi connectivity index (χ0n) is 11.9. The van der Waals surface area contributed by atoms with Crippen LogP contribution in [0.5, 0.6) is 0 Å². The predicted octanol–water partition coefficient (Wildman–Crippen LogP) is 2.32. The average molecular weight is 258 g/mol. The molecule has 0 bridgehead atoms. The Bertz CT molecular complexity index is 267. The maximum Gasteiger partial charge on any atom is 0.317 e. The molecule has 0 spiro atoms. The summed E-state index contributed by atoms with van der Waals surface area (Å²) in [6, 6.07) is 0.0264. The molecule has 0 radical (unpaired) electrons. The molecule has 0 heterocycles. The largest absolute Gasteiger partial charge is 0.481 e. The summed E-state index contributed by atoms with van der Waals surface area (Å²) in [6.45, 7) is 6.78. The van der Waals surface area contributed by atoms with E-state index in [0.29, 0.717) is 18.9 Å². The lowest BCUT2D eigenvalue weighted by Gasteiger charge is -2.21. The first-order chi connectivity index (χ1) is 8.32. The Kier molecular flexibility index (Phi) is 8.16. The van der Waals surface area contributed by atoms with E-state index in [0.717, 1.165) is 12.8 Å². The van der Waals surface area contributed by atoms with Crippen molar-refractivity contribution in [2.24, 2.45) is 5.92 Å². The van der Waals surface area contributed by atoms with E-state index in [-0.39, 0.29) is 18.5 Å². The third-order valence-electron chi connectivity index (χ3n) is 2.78. The van der Waals surface area contributed by atoms with Gasteiger partial charge in [0.2, 0.25) is 0 Å². The van der Waals surface area contributed by atoms with Gasteiger partial charge >= 0.3 is 12.0 Å². The second kappa shape index (κ2) is 8.78. The first kappa shape index (κ1) is 16.7. The summed E-state index contributed by atoms with van der Waals surface area (Å²) in [7, 11) is 1.69. The number of rotatable bonds is 8. The lowest BCUT2D eigenvalue weighted by Crippen LogP contribution is -2.42. The van der Waals surface area contributed by atoms with Crippen molar-refractivity contribution in [1.29, 1.82) is 0 Å². The Morgan fingerprint density at radius 3 is 2.33 bits per heavy atom. The number of carboxylic acids is 1. The Morgan fingerprint density at radius 1 is 1.22 bits per heavy atom. The predicted molar refractivity (Wildman–Crippen MR) is 71.6 cm³/mol. The van der Waals surface area contributed by atoms with Crippen LogP contribution in [-0.2, 0) is 4.79 Å². The van der Waals surface area contributed by atoms with Crippen molar-refractivity contribution in [3.05, 3.63) is 0 Å². The number of nitrogens with one attached hydrogen (secondary N) is 1. The number of carbonyl (C=O) groups excluding carboxylic acids is 1. The molecule has 5 nitrogen and oxygen atoms in total.